The third-order valence-corrected chi connectivity index (χ3v) is 6.61. The largest absolute Gasteiger partial charge is 0.372 e. The summed E-state index contributed by atoms with van der Waals surface area (Å²) >= 11 is 0. The van der Waals surface area contributed by atoms with Crippen LogP contribution in [-0.2, 0) is 16.0 Å². The number of nitrogens with one attached hydrogen (secondary N) is 1. The number of anilines is 3. The Morgan fingerprint density at radius 1 is 0.735 bits per heavy atom. The van der Waals surface area contributed by atoms with E-state index in [0.29, 0.717) is 17.0 Å². The van der Waals surface area contributed by atoms with E-state index < -0.39 is 0 Å². The lowest BCUT2D eigenvalue weighted by Gasteiger charge is -2.29. The molecular formula is C29H29N3O2. The second-order valence-corrected chi connectivity index (χ2v) is 8.80. The second-order valence-electron chi connectivity index (χ2n) is 8.80. The van der Waals surface area contributed by atoms with Crippen LogP contribution < -0.4 is 15.1 Å². The first-order valence-electron chi connectivity index (χ1n) is 12.0. The number of amides is 2. The average molecular weight is 452 g/mol. The van der Waals surface area contributed by atoms with Gasteiger partial charge in [0, 0.05) is 24.5 Å². The minimum Gasteiger partial charge on any atom is -0.372 e. The first-order valence-corrected chi connectivity index (χ1v) is 12.0. The van der Waals surface area contributed by atoms with Crippen LogP contribution in [0.5, 0.6) is 0 Å². The maximum atomic E-state index is 13.6. The molecule has 0 radical (unpaired) electrons. The third kappa shape index (κ3) is 4.21. The van der Waals surface area contributed by atoms with E-state index in [-0.39, 0.29) is 11.8 Å². The van der Waals surface area contributed by atoms with Crippen molar-refractivity contribution in [3.63, 3.8) is 0 Å². The zero-order chi connectivity index (χ0) is 23.5. The van der Waals surface area contributed by atoms with Crippen LogP contribution in [0.1, 0.15) is 37.3 Å². The Kier molecular flexibility index (Phi) is 6.17. The van der Waals surface area contributed by atoms with E-state index in [9.17, 15) is 9.59 Å². The van der Waals surface area contributed by atoms with Gasteiger partial charge in [0.15, 0.2) is 0 Å². The van der Waals surface area contributed by atoms with E-state index in [4.69, 9.17) is 0 Å². The SMILES string of the molecule is CCc1ccc(NC2=C(c3ccccc3)C(=O)N(c3ccc(N4CCCCC4)cc3)C2=O)cc1. The molecule has 0 aliphatic carbocycles. The molecule has 3 aromatic rings. The quantitative estimate of drug-likeness (QED) is 0.493. The van der Waals surface area contributed by atoms with Gasteiger partial charge in [-0.15, -0.1) is 0 Å². The molecule has 0 unspecified atom stereocenters. The molecule has 172 valence electrons. The van der Waals surface area contributed by atoms with E-state index >= 15 is 0 Å². The van der Waals surface area contributed by atoms with Gasteiger partial charge in [-0.3, -0.25) is 9.59 Å². The highest BCUT2D eigenvalue weighted by atomic mass is 16.2. The van der Waals surface area contributed by atoms with Gasteiger partial charge in [-0.1, -0.05) is 49.4 Å². The number of imide groups is 1. The molecule has 2 aliphatic rings. The standard InChI is InChI=1S/C29H29N3O2/c1-2-21-11-13-23(14-12-21)30-27-26(22-9-5-3-6-10-22)28(33)32(29(27)34)25-17-15-24(16-18-25)31-19-7-4-8-20-31/h3,5-6,9-18,30H,2,4,7-8,19-20H2,1H3. The van der Waals surface area contributed by atoms with Crippen molar-refractivity contribution in [1.29, 1.82) is 0 Å². The maximum absolute atomic E-state index is 13.6. The summed E-state index contributed by atoms with van der Waals surface area (Å²) in [6.45, 7) is 4.20. The van der Waals surface area contributed by atoms with Gasteiger partial charge < -0.3 is 10.2 Å². The molecule has 5 heteroatoms. The summed E-state index contributed by atoms with van der Waals surface area (Å²) in [5.41, 5.74) is 5.14. The number of piperidine rings is 1. The number of rotatable bonds is 6. The van der Waals surface area contributed by atoms with Crippen LogP contribution >= 0.6 is 0 Å². The lowest BCUT2D eigenvalue weighted by Crippen LogP contribution is -2.32. The molecule has 0 saturated carbocycles. The van der Waals surface area contributed by atoms with Crippen molar-refractivity contribution in [1.82, 2.24) is 0 Å². The van der Waals surface area contributed by atoms with Crippen LogP contribution in [0.25, 0.3) is 5.57 Å². The molecular weight excluding hydrogens is 422 g/mol. The van der Waals surface area contributed by atoms with Crippen molar-refractivity contribution in [2.45, 2.75) is 32.6 Å². The highest BCUT2D eigenvalue weighted by Crippen LogP contribution is 2.34. The van der Waals surface area contributed by atoms with Crippen molar-refractivity contribution < 1.29 is 9.59 Å². The van der Waals surface area contributed by atoms with E-state index in [1.165, 1.54) is 29.7 Å². The molecule has 1 saturated heterocycles. The summed E-state index contributed by atoms with van der Waals surface area (Å²) in [4.78, 5) is 30.8. The van der Waals surface area contributed by atoms with E-state index in [0.717, 1.165) is 36.4 Å². The van der Waals surface area contributed by atoms with Crippen molar-refractivity contribution in [2.24, 2.45) is 0 Å². The van der Waals surface area contributed by atoms with Crippen LogP contribution in [-0.4, -0.2) is 24.9 Å². The molecule has 1 fully saturated rings. The molecule has 2 aliphatic heterocycles. The molecule has 34 heavy (non-hydrogen) atoms. The fourth-order valence-electron chi connectivity index (χ4n) is 4.69. The molecule has 0 spiro atoms. The van der Waals surface area contributed by atoms with Crippen molar-refractivity contribution >= 4 is 34.4 Å². The van der Waals surface area contributed by atoms with Gasteiger partial charge in [0.2, 0.25) is 0 Å². The fourth-order valence-corrected chi connectivity index (χ4v) is 4.69. The molecule has 0 aromatic heterocycles. The lowest BCUT2D eigenvalue weighted by atomic mass is 10.0. The summed E-state index contributed by atoms with van der Waals surface area (Å²) < 4.78 is 0. The molecule has 2 amide bonds. The Bertz CT molecular complexity index is 1210. The zero-order valence-corrected chi connectivity index (χ0v) is 19.5. The highest BCUT2D eigenvalue weighted by Gasteiger charge is 2.40. The Balaban J connectivity index is 1.47. The van der Waals surface area contributed by atoms with Gasteiger partial charge in [0.25, 0.3) is 11.8 Å². The van der Waals surface area contributed by atoms with Gasteiger partial charge in [0.1, 0.15) is 5.70 Å². The van der Waals surface area contributed by atoms with Crippen LogP contribution in [0.3, 0.4) is 0 Å². The number of benzene rings is 3. The number of carbonyl (C=O) groups excluding carboxylic acids is 2. The van der Waals surface area contributed by atoms with Crippen LogP contribution in [0, 0.1) is 0 Å². The first kappa shape index (κ1) is 22.0. The van der Waals surface area contributed by atoms with Gasteiger partial charge in [-0.25, -0.2) is 4.90 Å². The Morgan fingerprint density at radius 3 is 2.03 bits per heavy atom. The number of nitrogens with zero attached hydrogens (tertiary/aromatic N) is 2. The molecule has 5 nitrogen and oxygen atoms in total. The van der Waals surface area contributed by atoms with Crippen molar-refractivity contribution in [2.75, 3.05) is 28.2 Å². The molecule has 3 aromatic carbocycles. The molecule has 1 N–H and O–H groups in total. The lowest BCUT2D eigenvalue weighted by molar-refractivity contribution is -0.120. The second kappa shape index (κ2) is 9.56. The number of aryl methyl sites for hydroxylation is 1. The van der Waals surface area contributed by atoms with E-state index in [2.05, 4.69) is 17.1 Å². The first-order chi connectivity index (χ1) is 16.7. The summed E-state index contributed by atoms with van der Waals surface area (Å²) in [5.74, 6) is -0.649. The van der Waals surface area contributed by atoms with Gasteiger partial charge in [-0.2, -0.15) is 0 Å². The number of carbonyl (C=O) groups is 2. The molecule has 0 bridgehead atoms. The minimum absolute atomic E-state index is 0.306. The third-order valence-electron chi connectivity index (χ3n) is 6.61. The van der Waals surface area contributed by atoms with Gasteiger partial charge in [-0.05, 0) is 73.2 Å². The Hall–Kier alpha value is -3.86. The summed E-state index contributed by atoms with van der Waals surface area (Å²) in [5, 5.41) is 3.24. The summed E-state index contributed by atoms with van der Waals surface area (Å²) in [6.07, 6.45) is 4.61. The van der Waals surface area contributed by atoms with Gasteiger partial charge >= 0.3 is 0 Å². The molecule has 5 rings (SSSR count). The van der Waals surface area contributed by atoms with Gasteiger partial charge in [0.05, 0.1) is 11.3 Å². The van der Waals surface area contributed by atoms with E-state index in [1.54, 1.807) is 0 Å². The normalized spacial score (nSPS) is 16.4. The zero-order valence-electron chi connectivity index (χ0n) is 19.5. The van der Waals surface area contributed by atoms with E-state index in [1.807, 2.05) is 78.9 Å². The summed E-state index contributed by atoms with van der Waals surface area (Å²) in [7, 11) is 0. The maximum Gasteiger partial charge on any atom is 0.282 e. The monoisotopic (exact) mass is 451 g/mol. The average Bonchev–Trinajstić information content (AvgIpc) is 3.14. The topological polar surface area (TPSA) is 52.7 Å². The van der Waals surface area contributed by atoms with Crippen LogP contribution in [0.2, 0.25) is 0 Å². The number of hydrogen-bond acceptors (Lipinski definition) is 4. The predicted octanol–water partition coefficient (Wildman–Crippen LogP) is 5.64. The minimum atomic E-state index is -0.339. The Labute approximate surface area is 200 Å². The van der Waals surface area contributed by atoms with Crippen molar-refractivity contribution in [3.05, 3.63) is 95.7 Å². The van der Waals surface area contributed by atoms with Crippen molar-refractivity contribution in [3.8, 4) is 0 Å². The highest BCUT2D eigenvalue weighted by molar-refractivity contribution is 6.46. The fraction of sp³-hybridized carbons (Fsp3) is 0.241. The summed E-state index contributed by atoms with van der Waals surface area (Å²) in [6, 6.07) is 25.1. The smallest absolute Gasteiger partial charge is 0.282 e. The predicted molar refractivity (Wildman–Crippen MR) is 138 cm³/mol. The Morgan fingerprint density at radius 2 is 1.38 bits per heavy atom. The van der Waals surface area contributed by atoms with Crippen LogP contribution in [0.15, 0.2) is 84.6 Å². The molecule has 0 atom stereocenters. The molecule has 2 heterocycles. The number of hydrogen-bond donors (Lipinski definition) is 1. The van der Waals surface area contributed by atoms with Crippen LogP contribution in [0.4, 0.5) is 17.1 Å².